The van der Waals surface area contributed by atoms with Crippen LogP contribution >= 0.6 is 39.7 Å². The van der Waals surface area contributed by atoms with Gasteiger partial charge in [-0.25, -0.2) is 4.39 Å². The molecular formula is C13H8BrClFNOS. The molecule has 0 aromatic heterocycles. The summed E-state index contributed by atoms with van der Waals surface area (Å²) in [5.41, 5.74) is 6.04. The van der Waals surface area contributed by atoms with E-state index in [0.717, 1.165) is 0 Å². The van der Waals surface area contributed by atoms with Crippen molar-refractivity contribution in [3.05, 3.63) is 57.3 Å². The van der Waals surface area contributed by atoms with Crippen LogP contribution in [0.4, 0.5) is 4.39 Å². The highest BCUT2D eigenvalue weighted by Gasteiger charge is 2.13. The fraction of sp³-hybridized carbons (Fsp3) is 0. The summed E-state index contributed by atoms with van der Waals surface area (Å²) in [6.45, 7) is 0. The fourth-order valence-electron chi connectivity index (χ4n) is 1.50. The van der Waals surface area contributed by atoms with Crippen LogP contribution in [0.2, 0.25) is 5.02 Å². The van der Waals surface area contributed by atoms with Gasteiger partial charge in [-0.05, 0) is 40.2 Å². The van der Waals surface area contributed by atoms with Crippen molar-refractivity contribution in [2.24, 2.45) is 5.73 Å². The maximum atomic E-state index is 13.2. The second-order valence-electron chi connectivity index (χ2n) is 3.65. The Morgan fingerprint density at radius 2 is 2.00 bits per heavy atom. The molecule has 0 unspecified atom stereocenters. The van der Waals surface area contributed by atoms with Crippen LogP contribution in [-0.4, -0.2) is 4.99 Å². The van der Waals surface area contributed by atoms with Gasteiger partial charge in [0.15, 0.2) is 0 Å². The summed E-state index contributed by atoms with van der Waals surface area (Å²) in [5, 5.41) is 0.387. The molecule has 0 aliphatic carbocycles. The average Bonchev–Trinajstić information content (AvgIpc) is 2.33. The maximum Gasteiger partial charge on any atom is 0.144 e. The van der Waals surface area contributed by atoms with Crippen molar-refractivity contribution in [3.63, 3.8) is 0 Å². The van der Waals surface area contributed by atoms with E-state index in [2.05, 4.69) is 15.9 Å². The predicted octanol–water partition coefficient (Wildman–Crippen LogP) is 4.67. The lowest BCUT2D eigenvalue weighted by molar-refractivity contribution is 0.473. The van der Waals surface area contributed by atoms with E-state index in [1.54, 1.807) is 24.3 Å². The molecule has 0 fully saturated rings. The summed E-state index contributed by atoms with van der Waals surface area (Å²) in [4.78, 5) is 0.119. The first-order chi connectivity index (χ1) is 8.99. The molecule has 19 heavy (non-hydrogen) atoms. The summed E-state index contributed by atoms with van der Waals surface area (Å²) in [5.74, 6) is 0.295. The van der Waals surface area contributed by atoms with Crippen molar-refractivity contribution in [2.45, 2.75) is 0 Å². The number of benzene rings is 2. The topological polar surface area (TPSA) is 35.2 Å². The number of thiocarbonyl (C=S) groups is 1. The third kappa shape index (κ3) is 3.23. The van der Waals surface area contributed by atoms with Crippen LogP contribution in [0.25, 0.3) is 0 Å². The first-order valence-corrected chi connectivity index (χ1v) is 6.78. The molecule has 0 atom stereocenters. The number of hydrogen-bond acceptors (Lipinski definition) is 2. The zero-order valence-electron chi connectivity index (χ0n) is 9.49. The zero-order valence-corrected chi connectivity index (χ0v) is 12.7. The number of halogens is 3. The van der Waals surface area contributed by atoms with E-state index in [4.69, 9.17) is 34.3 Å². The quantitative estimate of drug-likeness (QED) is 0.808. The highest BCUT2D eigenvalue weighted by Crippen LogP contribution is 2.34. The summed E-state index contributed by atoms with van der Waals surface area (Å²) in [6, 6.07) is 9.15. The Hall–Kier alpha value is -1.17. The minimum absolute atomic E-state index is 0.119. The van der Waals surface area contributed by atoms with Gasteiger partial charge < -0.3 is 10.5 Å². The van der Waals surface area contributed by atoms with E-state index in [0.29, 0.717) is 26.6 Å². The highest BCUT2D eigenvalue weighted by molar-refractivity contribution is 9.10. The number of nitrogens with two attached hydrogens (primary N) is 1. The van der Waals surface area contributed by atoms with Crippen LogP contribution in [0.3, 0.4) is 0 Å². The third-order valence-electron chi connectivity index (χ3n) is 2.33. The molecule has 0 saturated carbocycles. The first-order valence-electron chi connectivity index (χ1n) is 5.20. The summed E-state index contributed by atoms with van der Waals surface area (Å²) in [7, 11) is 0. The van der Waals surface area contributed by atoms with Crippen molar-refractivity contribution in [1.29, 1.82) is 0 Å². The summed E-state index contributed by atoms with van der Waals surface area (Å²) < 4.78 is 19.4. The molecular weight excluding hydrogens is 353 g/mol. The van der Waals surface area contributed by atoms with Crippen LogP contribution in [0, 0.1) is 5.82 Å². The third-order valence-corrected chi connectivity index (χ3v) is 3.51. The summed E-state index contributed by atoms with van der Waals surface area (Å²) in [6.07, 6.45) is 0. The second-order valence-corrected chi connectivity index (χ2v) is 5.36. The first kappa shape index (κ1) is 14.2. The molecule has 0 heterocycles. The van der Waals surface area contributed by atoms with Crippen LogP contribution in [0.5, 0.6) is 11.5 Å². The minimum atomic E-state index is -0.405. The van der Waals surface area contributed by atoms with Crippen molar-refractivity contribution in [1.82, 2.24) is 0 Å². The lowest BCUT2D eigenvalue weighted by atomic mass is 10.2. The SMILES string of the molecule is NC(=S)c1c(Cl)cccc1Oc1cc(F)ccc1Br. The van der Waals surface area contributed by atoms with Crippen molar-refractivity contribution >= 4 is 44.7 Å². The van der Waals surface area contributed by atoms with Crippen molar-refractivity contribution < 1.29 is 9.13 Å². The normalized spacial score (nSPS) is 10.3. The van der Waals surface area contributed by atoms with Gasteiger partial charge in [0, 0.05) is 6.07 Å². The maximum absolute atomic E-state index is 13.2. The molecule has 2 N–H and O–H groups in total. The molecule has 2 rings (SSSR count). The number of rotatable bonds is 3. The molecule has 0 spiro atoms. The molecule has 0 amide bonds. The van der Waals surface area contributed by atoms with E-state index in [1.807, 2.05) is 0 Å². The molecule has 0 bridgehead atoms. The average molecular weight is 361 g/mol. The van der Waals surface area contributed by atoms with Gasteiger partial charge >= 0.3 is 0 Å². The van der Waals surface area contributed by atoms with Gasteiger partial charge in [0.25, 0.3) is 0 Å². The van der Waals surface area contributed by atoms with E-state index in [9.17, 15) is 4.39 Å². The Labute approximate surface area is 128 Å². The molecule has 0 aliphatic heterocycles. The van der Waals surface area contributed by atoms with Gasteiger partial charge in [0.05, 0.1) is 15.1 Å². The van der Waals surface area contributed by atoms with Crippen LogP contribution in [0.15, 0.2) is 40.9 Å². The lowest BCUT2D eigenvalue weighted by Gasteiger charge is -2.12. The molecule has 2 nitrogen and oxygen atoms in total. The van der Waals surface area contributed by atoms with E-state index < -0.39 is 5.82 Å². The van der Waals surface area contributed by atoms with Crippen molar-refractivity contribution in [2.75, 3.05) is 0 Å². The molecule has 0 saturated heterocycles. The molecule has 0 radical (unpaired) electrons. The zero-order chi connectivity index (χ0) is 14.0. The Morgan fingerprint density at radius 3 is 2.68 bits per heavy atom. The Balaban J connectivity index is 2.46. The second kappa shape index (κ2) is 5.86. The fourth-order valence-corrected chi connectivity index (χ4v) is 2.36. The number of hydrogen-bond donors (Lipinski definition) is 1. The van der Waals surface area contributed by atoms with Crippen LogP contribution in [0.1, 0.15) is 5.56 Å². The van der Waals surface area contributed by atoms with E-state index in [-0.39, 0.29) is 4.99 Å². The molecule has 98 valence electrons. The molecule has 6 heteroatoms. The van der Waals surface area contributed by atoms with Gasteiger partial charge in [-0.1, -0.05) is 29.9 Å². The highest BCUT2D eigenvalue weighted by atomic mass is 79.9. The van der Waals surface area contributed by atoms with E-state index in [1.165, 1.54) is 12.1 Å². The molecule has 0 aliphatic rings. The smallest absolute Gasteiger partial charge is 0.144 e. The monoisotopic (exact) mass is 359 g/mol. The Bertz CT molecular complexity index is 651. The van der Waals surface area contributed by atoms with Crippen molar-refractivity contribution in [3.8, 4) is 11.5 Å². The lowest BCUT2D eigenvalue weighted by Crippen LogP contribution is -2.11. The minimum Gasteiger partial charge on any atom is -0.455 e. The Morgan fingerprint density at radius 1 is 1.26 bits per heavy atom. The predicted molar refractivity (Wildman–Crippen MR) is 81.5 cm³/mol. The molecule has 2 aromatic carbocycles. The van der Waals surface area contributed by atoms with E-state index >= 15 is 0 Å². The van der Waals surface area contributed by atoms with Crippen LogP contribution < -0.4 is 10.5 Å². The van der Waals surface area contributed by atoms with Crippen LogP contribution in [-0.2, 0) is 0 Å². The largest absolute Gasteiger partial charge is 0.455 e. The van der Waals surface area contributed by atoms with Gasteiger partial charge in [0.1, 0.15) is 22.3 Å². The van der Waals surface area contributed by atoms with Gasteiger partial charge in [-0.3, -0.25) is 0 Å². The Kier molecular flexibility index (Phi) is 4.39. The van der Waals surface area contributed by atoms with Gasteiger partial charge in [0.2, 0.25) is 0 Å². The number of ether oxygens (including phenoxy) is 1. The standard InChI is InChI=1S/C13H8BrClFNOS/c14-8-5-4-7(16)6-11(8)18-10-3-1-2-9(15)12(10)13(17)19/h1-6H,(H2,17,19). The van der Waals surface area contributed by atoms with Gasteiger partial charge in [-0.2, -0.15) is 0 Å². The van der Waals surface area contributed by atoms with Gasteiger partial charge in [-0.15, -0.1) is 0 Å². The molecule has 2 aromatic rings. The summed E-state index contributed by atoms with van der Waals surface area (Å²) >= 11 is 14.2.